The number of hydrogen-bond acceptors (Lipinski definition) is 5. The summed E-state index contributed by atoms with van der Waals surface area (Å²) in [5.74, 6) is -0.149. The Morgan fingerprint density at radius 1 is 1.21 bits per heavy atom. The van der Waals surface area contributed by atoms with Crippen LogP contribution in [0, 0.1) is 5.92 Å². The molecule has 0 saturated carbocycles. The average molecular weight is 404 g/mol. The lowest BCUT2D eigenvalue weighted by Gasteiger charge is -2.27. The third-order valence-corrected chi connectivity index (χ3v) is 5.16. The minimum atomic E-state index is -0.131. The predicted molar refractivity (Wildman–Crippen MR) is 115 cm³/mol. The zero-order valence-corrected chi connectivity index (χ0v) is 18.0. The van der Waals surface area contributed by atoms with Crippen LogP contribution in [0.4, 0.5) is 11.4 Å². The van der Waals surface area contributed by atoms with Gasteiger partial charge >= 0.3 is 0 Å². The monoisotopic (exact) mass is 403 g/mol. The van der Waals surface area contributed by atoms with Crippen LogP contribution in [0.1, 0.15) is 29.1 Å². The number of methoxy groups -OCH3 is 1. The van der Waals surface area contributed by atoms with Gasteiger partial charge in [0.1, 0.15) is 0 Å². The first-order valence-electron chi connectivity index (χ1n) is 9.26. The first-order valence-corrected chi connectivity index (χ1v) is 10.1. The molecule has 0 fully saturated rings. The molecular weight excluding hydrogens is 374 g/mol. The van der Waals surface area contributed by atoms with Crippen LogP contribution in [0.2, 0.25) is 0 Å². The smallest absolute Gasteiger partial charge is 0.265 e. The van der Waals surface area contributed by atoms with E-state index < -0.39 is 0 Å². The minimum Gasteiger partial charge on any atom is -0.383 e. The zero-order valence-electron chi connectivity index (χ0n) is 17.2. The van der Waals surface area contributed by atoms with Crippen LogP contribution in [0.5, 0.6) is 0 Å². The number of nitrogens with zero attached hydrogens (tertiary/aromatic N) is 2. The van der Waals surface area contributed by atoms with Gasteiger partial charge in [-0.15, -0.1) is 11.3 Å². The Bertz CT molecular complexity index is 788. The van der Waals surface area contributed by atoms with Crippen molar-refractivity contribution in [3.8, 4) is 0 Å². The highest BCUT2D eigenvalue weighted by Crippen LogP contribution is 2.25. The Labute approximate surface area is 171 Å². The highest BCUT2D eigenvalue weighted by atomic mass is 32.1. The van der Waals surface area contributed by atoms with Gasteiger partial charge in [0.2, 0.25) is 5.91 Å². The number of carbonyl (C=O) groups is 2. The summed E-state index contributed by atoms with van der Waals surface area (Å²) in [5, 5.41) is 4.82. The van der Waals surface area contributed by atoms with Crippen LogP contribution in [0.25, 0.3) is 0 Å². The predicted octanol–water partition coefficient (Wildman–Crippen LogP) is 3.70. The molecule has 0 radical (unpaired) electrons. The van der Waals surface area contributed by atoms with Crippen molar-refractivity contribution in [2.45, 2.75) is 20.4 Å². The van der Waals surface area contributed by atoms with Crippen molar-refractivity contribution in [3.63, 3.8) is 0 Å². The first-order chi connectivity index (χ1) is 13.3. The third-order valence-electron chi connectivity index (χ3n) is 4.30. The molecule has 1 aromatic carbocycles. The van der Waals surface area contributed by atoms with Gasteiger partial charge in [-0.2, -0.15) is 0 Å². The van der Waals surface area contributed by atoms with Gasteiger partial charge in [-0.3, -0.25) is 9.59 Å². The summed E-state index contributed by atoms with van der Waals surface area (Å²) in [7, 11) is 5.56. The number of carbonyl (C=O) groups excluding carboxylic acids is 2. The summed E-state index contributed by atoms with van der Waals surface area (Å²) in [6, 6.07) is 9.43. The molecule has 0 aliphatic heterocycles. The second kappa shape index (κ2) is 10.2. The lowest BCUT2D eigenvalue weighted by Crippen LogP contribution is -2.36. The topological polar surface area (TPSA) is 61.9 Å². The number of amides is 2. The van der Waals surface area contributed by atoms with E-state index in [1.807, 2.05) is 62.5 Å². The normalized spacial score (nSPS) is 10.8. The first kappa shape index (κ1) is 21.9. The van der Waals surface area contributed by atoms with E-state index in [9.17, 15) is 9.59 Å². The van der Waals surface area contributed by atoms with Crippen LogP contribution >= 0.6 is 11.3 Å². The van der Waals surface area contributed by atoms with Gasteiger partial charge in [0.15, 0.2) is 0 Å². The molecule has 0 unspecified atom stereocenters. The van der Waals surface area contributed by atoms with E-state index in [-0.39, 0.29) is 17.7 Å². The lowest BCUT2D eigenvalue weighted by molar-refractivity contribution is -0.135. The van der Waals surface area contributed by atoms with Crippen LogP contribution in [0.15, 0.2) is 35.7 Å². The number of rotatable bonds is 9. The van der Waals surface area contributed by atoms with E-state index in [0.29, 0.717) is 30.3 Å². The molecule has 0 aliphatic carbocycles. The number of ether oxygens (including phenoxy) is 1. The van der Waals surface area contributed by atoms with Crippen molar-refractivity contribution in [3.05, 3.63) is 46.2 Å². The molecule has 6 nitrogen and oxygen atoms in total. The Hall–Kier alpha value is -2.38. The van der Waals surface area contributed by atoms with Gasteiger partial charge in [-0.25, -0.2) is 0 Å². The second-order valence-corrected chi connectivity index (χ2v) is 8.02. The van der Waals surface area contributed by atoms with E-state index in [2.05, 4.69) is 5.32 Å². The second-order valence-electron chi connectivity index (χ2n) is 7.08. The van der Waals surface area contributed by atoms with E-state index in [1.54, 1.807) is 18.1 Å². The average Bonchev–Trinajstić information content (AvgIpc) is 3.19. The molecule has 1 heterocycles. The molecule has 0 aliphatic rings. The number of anilines is 2. The number of thiophene rings is 1. The summed E-state index contributed by atoms with van der Waals surface area (Å²) >= 11 is 1.40. The summed E-state index contributed by atoms with van der Waals surface area (Å²) in [6.07, 6.45) is 0. The van der Waals surface area contributed by atoms with E-state index in [4.69, 9.17) is 4.74 Å². The van der Waals surface area contributed by atoms with Crippen molar-refractivity contribution in [2.75, 3.05) is 44.6 Å². The Kier molecular flexibility index (Phi) is 8.02. The third kappa shape index (κ3) is 5.81. The number of benzene rings is 1. The molecule has 1 aromatic heterocycles. The van der Waals surface area contributed by atoms with Crippen molar-refractivity contribution in [1.29, 1.82) is 0 Å². The number of nitrogens with one attached hydrogen (secondary N) is 1. The molecule has 0 saturated heterocycles. The van der Waals surface area contributed by atoms with Gasteiger partial charge in [0, 0.05) is 51.6 Å². The molecule has 2 rings (SSSR count). The van der Waals surface area contributed by atoms with Crippen LogP contribution < -0.4 is 10.2 Å². The molecule has 7 heteroatoms. The largest absolute Gasteiger partial charge is 0.383 e. The molecule has 152 valence electrons. The van der Waals surface area contributed by atoms with Crippen LogP contribution in [0.3, 0.4) is 0 Å². The summed E-state index contributed by atoms with van der Waals surface area (Å²) in [6.45, 7) is 5.24. The van der Waals surface area contributed by atoms with Gasteiger partial charge in [-0.1, -0.05) is 19.9 Å². The fourth-order valence-electron chi connectivity index (χ4n) is 2.87. The molecule has 1 N–H and O–H groups in total. The van der Waals surface area contributed by atoms with E-state index in [1.165, 1.54) is 11.3 Å². The Morgan fingerprint density at radius 3 is 2.54 bits per heavy atom. The fourth-order valence-corrected chi connectivity index (χ4v) is 3.49. The molecule has 0 spiro atoms. The van der Waals surface area contributed by atoms with Gasteiger partial charge in [-0.05, 0) is 35.2 Å². The van der Waals surface area contributed by atoms with Crippen molar-refractivity contribution in [1.82, 2.24) is 4.90 Å². The maximum atomic E-state index is 12.6. The van der Waals surface area contributed by atoms with E-state index >= 15 is 0 Å². The molecule has 2 aromatic rings. The molecule has 0 atom stereocenters. The maximum Gasteiger partial charge on any atom is 0.265 e. The van der Waals surface area contributed by atoms with Gasteiger partial charge in [0.05, 0.1) is 11.5 Å². The minimum absolute atomic E-state index is 0.0785. The maximum absolute atomic E-state index is 12.6. The molecule has 2 amide bonds. The van der Waals surface area contributed by atoms with Crippen LogP contribution in [-0.4, -0.2) is 51.1 Å². The molecule has 0 bridgehead atoms. The van der Waals surface area contributed by atoms with Gasteiger partial charge < -0.3 is 19.9 Å². The van der Waals surface area contributed by atoms with Crippen molar-refractivity contribution in [2.24, 2.45) is 5.92 Å². The lowest BCUT2D eigenvalue weighted by atomic mass is 10.1. The highest BCUT2D eigenvalue weighted by Gasteiger charge is 2.19. The Balaban J connectivity index is 2.28. The van der Waals surface area contributed by atoms with Gasteiger partial charge in [0.25, 0.3) is 5.91 Å². The van der Waals surface area contributed by atoms with Crippen molar-refractivity contribution < 1.29 is 14.3 Å². The highest BCUT2D eigenvalue weighted by molar-refractivity contribution is 7.12. The van der Waals surface area contributed by atoms with E-state index in [0.717, 1.165) is 11.3 Å². The van der Waals surface area contributed by atoms with Crippen LogP contribution in [-0.2, 0) is 16.1 Å². The number of hydrogen-bond donors (Lipinski definition) is 1. The zero-order chi connectivity index (χ0) is 20.7. The molecular formula is C21H29N3O3S. The van der Waals surface area contributed by atoms with Crippen molar-refractivity contribution >= 4 is 34.5 Å². The summed E-state index contributed by atoms with van der Waals surface area (Å²) in [5.41, 5.74) is 2.69. The SMILES string of the molecule is COCCN(Cc1cc(NC(=O)c2cccs2)ccc1N(C)C)C(=O)C(C)C. The summed E-state index contributed by atoms with van der Waals surface area (Å²) in [4.78, 5) is 29.5. The fraction of sp³-hybridized carbons (Fsp3) is 0.429. The summed E-state index contributed by atoms with van der Waals surface area (Å²) < 4.78 is 5.18. The molecule has 28 heavy (non-hydrogen) atoms. The quantitative estimate of drug-likeness (QED) is 0.694. The Morgan fingerprint density at radius 2 is 1.96 bits per heavy atom. The standard InChI is InChI=1S/C21H29N3O3S/c1-15(2)21(26)24(10-11-27-5)14-16-13-17(8-9-18(16)23(3)4)22-20(25)19-7-6-12-28-19/h6-9,12-13,15H,10-11,14H2,1-5H3,(H,22,25).